The van der Waals surface area contributed by atoms with E-state index in [1.807, 2.05) is 0 Å². The third-order valence-corrected chi connectivity index (χ3v) is 4.46. The van der Waals surface area contributed by atoms with Gasteiger partial charge in [-0.15, -0.1) is 0 Å². The fourth-order valence-corrected chi connectivity index (χ4v) is 2.78. The van der Waals surface area contributed by atoms with Crippen molar-refractivity contribution in [2.45, 2.75) is 18.9 Å². The lowest BCUT2D eigenvalue weighted by Gasteiger charge is -2.15. The van der Waals surface area contributed by atoms with Crippen molar-refractivity contribution in [3.63, 3.8) is 0 Å². The van der Waals surface area contributed by atoms with Gasteiger partial charge in [0.1, 0.15) is 0 Å². The molecule has 1 saturated carbocycles. The zero-order valence-electron chi connectivity index (χ0n) is 16.7. The highest BCUT2D eigenvalue weighted by atomic mass is 16.5. The van der Waals surface area contributed by atoms with Gasteiger partial charge in [0.05, 0.1) is 27.9 Å². The van der Waals surface area contributed by atoms with Crippen molar-refractivity contribution in [1.29, 1.82) is 0 Å². The van der Waals surface area contributed by atoms with Crippen molar-refractivity contribution < 1.29 is 23.8 Å². The number of hydrogen-bond acceptors (Lipinski definition) is 6. The van der Waals surface area contributed by atoms with Gasteiger partial charge in [-0.3, -0.25) is 9.59 Å². The molecule has 0 aliphatic heterocycles. The smallest absolute Gasteiger partial charge is 0.251 e. The van der Waals surface area contributed by atoms with Gasteiger partial charge < -0.3 is 30.2 Å². The highest BCUT2D eigenvalue weighted by Crippen LogP contribution is 2.39. The molecule has 2 aromatic rings. The van der Waals surface area contributed by atoms with E-state index in [0.29, 0.717) is 34.5 Å². The van der Waals surface area contributed by atoms with Crippen molar-refractivity contribution in [3.8, 4) is 17.2 Å². The van der Waals surface area contributed by atoms with E-state index in [9.17, 15) is 9.59 Å². The van der Waals surface area contributed by atoms with Crippen LogP contribution < -0.4 is 30.2 Å². The van der Waals surface area contributed by atoms with E-state index in [1.165, 1.54) is 21.3 Å². The summed E-state index contributed by atoms with van der Waals surface area (Å²) in [5.74, 6) is 1.05. The number of rotatable bonds is 9. The first-order valence-corrected chi connectivity index (χ1v) is 9.28. The molecule has 3 rings (SSSR count). The van der Waals surface area contributed by atoms with Crippen LogP contribution in [0.25, 0.3) is 0 Å². The first kappa shape index (κ1) is 20.3. The van der Waals surface area contributed by atoms with Gasteiger partial charge in [-0.1, -0.05) is 0 Å². The van der Waals surface area contributed by atoms with Crippen LogP contribution >= 0.6 is 0 Å². The summed E-state index contributed by atoms with van der Waals surface area (Å²) < 4.78 is 15.8. The van der Waals surface area contributed by atoms with Gasteiger partial charge in [-0.05, 0) is 37.1 Å². The first-order valence-electron chi connectivity index (χ1n) is 9.28. The summed E-state index contributed by atoms with van der Waals surface area (Å²) in [5.41, 5.74) is 1.87. The van der Waals surface area contributed by atoms with Crippen molar-refractivity contribution in [2.24, 2.45) is 0 Å². The Kier molecular flexibility index (Phi) is 6.43. The average molecular weight is 399 g/mol. The number of anilines is 2. The molecule has 0 radical (unpaired) electrons. The maximum absolute atomic E-state index is 12.3. The Bertz CT molecular complexity index is 853. The Hall–Kier alpha value is -3.42. The van der Waals surface area contributed by atoms with E-state index in [0.717, 1.165) is 18.5 Å². The summed E-state index contributed by atoms with van der Waals surface area (Å²) in [6.45, 7) is 0.0598. The maximum atomic E-state index is 12.3. The molecule has 0 spiro atoms. The molecule has 154 valence electrons. The molecule has 3 N–H and O–H groups in total. The van der Waals surface area contributed by atoms with Crippen LogP contribution in [0, 0.1) is 0 Å². The molecule has 1 aliphatic carbocycles. The molecule has 2 aromatic carbocycles. The molecule has 1 aliphatic rings. The van der Waals surface area contributed by atoms with E-state index in [1.54, 1.807) is 36.4 Å². The zero-order chi connectivity index (χ0) is 20.8. The highest BCUT2D eigenvalue weighted by Gasteiger charge is 2.23. The van der Waals surface area contributed by atoms with E-state index in [2.05, 4.69) is 16.0 Å². The minimum absolute atomic E-state index is 0.0598. The summed E-state index contributed by atoms with van der Waals surface area (Å²) in [7, 11) is 4.54. The quantitative estimate of drug-likeness (QED) is 0.600. The van der Waals surface area contributed by atoms with Crippen LogP contribution in [-0.4, -0.2) is 45.7 Å². The lowest BCUT2D eigenvalue weighted by atomic mass is 10.2. The summed E-state index contributed by atoms with van der Waals surface area (Å²) in [5, 5.41) is 8.76. The fourth-order valence-electron chi connectivity index (χ4n) is 2.78. The Morgan fingerprint density at radius 2 is 1.55 bits per heavy atom. The molecule has 0 heterocycles. The standard InChI is InChI=1S/C21H25N3O5/c1-27-17-10-16(11-18(28-2)20(17)29-3)23-19(25)12-22-14-6-4-13(5-7-14)21(26)24-15-8-9-15/h4-7,10-11,15,22H,8-9,12H2,1-3H3,(H,23,25)(H,24,26). The number of nitrogens with one attached hydrogen (secondary N) is 3. The summed E-state index contributed by atoms with van der Waals surface area (Å²) in [6, 6.07) is 10.6. The van der Waals surface area contributed by atoms with Crippen molar-refractivity contribution in [2.75, 3.05) is 38.5 Å². The van der Waals surface area contributed by atoms with Gasteiger partial charge in [0.2, 0.25) is 11.7 Å². The predicted octanol–water partition coefficient (Wildman–Crippen LogP) is 2.66. The Morgan fingerprint density at radius 1 is 0.931 bits per heavy atom. The average Bonchev–Trinajstić information content (AvgIpc) is 3.55. The van der Waals surface area contributed by atoms with E-state index in [4.69, 9.17) is 14.2 Å². The molecular formula is C21H25N3O5. The van der Waals surface area contributed by atoms with Crippen molar-refractivity contribution in [3.05, 3.63) is 42.0 Å². The van der Waals surface area contributed by atoms with E-state index in [-0.39, 0.29) is 18.4 Å². The Morgan fingerprint density at radius 3 is 2.07 bits per heavy atom. The lowest BCUT2D eigenvalue weighted by molar-refractivity contribution is -0.114. The Balaban J connectivity index is 1.56. The van der Waals surface area contributed by atoms with Crippen molar-refractivity contribution in [1.82, 2.24) is 5.32 Å². The number of carbonyl (C=O) groups excluding carboxylic acids is 2. The van der Waals surface area contributed by atoms with Gasteiger partial charge >= 0.3 is 0 Å². The number of benzene rings is 2. The third-order valence-electron chi connectivity index (χ3n) is 4.46. The minimum atomic E-state index is -0.241. The van der Waals surface area contributed by atoms with E-state index >= 15 is 0 Å². The van der Waals surface area contributed by atoms with Crippen LogP contribution in [0.2, 0.25) is 0 Å². The van der Waals surface area contributed by atoms with Crippen LogP contribution in [0.1, 0.15) is 23.2 Å². The molecule has 8 heteroatoms. The van der Waals surface area contributed by atoms with Crippen LogP contribution in [-0.2, 0) is 4.79 Å². The van der Waals surface area contributed by atoms with Gasteiger partial charge in [0.15, 0.2) is 11.5 Å². The van der Waals surface area contributed by atoms with Gasteiger partial charge in [-0.25, -0.2) is 0 Å². The SMILES string of the molecule is COc1cc(NC(=O)CNc2ccc(C(=O)NC3CC3)cc2)cc(OC)c1OC. The number of amides is 2. The van der Waals surface area contributed by atoms with E-state index < -0.39 is 0 Å². The van der Waals surface area contributed by atoms with Gasteiger partial charge in [0, 0.05) is 35.1 Å². The second kappa shape index (κ2) is 9.18. The molecule has 0 atom stereocenters. The number of carbonyl (C=O) groups is 2. The monoisotopic (exact) mass is 399 g/mol. The molecule has 2 amide bonds. The maximum Gasteiger partial charge on any atom is 0.251 e. The summed E-state index contributed by atoms with van der Waals surface area (Å²) >= 11 is 0. The number of methoxy groups -OCH3 is 3. The lowest BCUT2D eigenvalue weighted by Crippen LogP contribution is -2.25. The fraction of sp³-hybridized carbons (Fsp3) is 0.333. The third kappa shape index (κ3) is 5.31. The zero-order valence-corrected chi connectivity index (χ0v) is 16.7. The van der Waals surface area contributed by atoms with Crippen LogP contribution in [0.5, 0.6) is 17.2 Å². The summed E-state index contributed by atoms with van der Waals surface area (Å²) in [6.07, 6.45) is 2.10. The number of ether oxygens (including phenoxy) is 3. The van der Waals surface area contributed by atoms with Crippen LogP contribution in [0.4, 0.5) is 11.4 Å². The van der Waals surface area contributed by atoms with Crippen molar-refractivity contribution >= 4 is 23.2 Å². The molecule has 29 heavy (non-hydrogen) atoms. The molecule has 1 fully saturated rings. The molecular weight excluding hydrogens is 374 g/mol. The Labute approximate surface area is 169 Å². The molecule has 0 aromatic heterocycles. The molecule has 0 saturated heterocycles. The molecule has 0 bridgehead atoms. The predicted molar refractivity (Wildman–Crippen MR) is 110 cm³/mol. The second-order valence-corrected chi connectivity index (χ2v) is 6.64. The molecule has 0 unspecified atom stereocenters. The normalized spacial score (nSPS) is 12.7. The van der Waals surface area contributed by atoms with Crippen LogP contribution in [0.15, 0.2) is 36.4 Å². The second-order valence-electron chi connectivity index (χ2n) is 6.64. The molecule has 8 nitrogen and oxygen atoms in total. The highest BCUT2D eigenvalue weighted by molar-refractivity contribution is 5.96. The van der Waals surface area contributed by atoms with Gasteiger partial charge in [0.25, 0.3) is 5.91 Å². The largest absolute Gasteiger partial charge is 0.493 e. The minimum Gasteiger partial charge on any atom is -0.493 e. The summed E-state index contributed by atoms with van der Waals surface area (Å²) in [4.78, 5) is 24.3. The van der Waals surface area contributed by atoms with Crippen LogP contribution in [0.3, 0.4) is 0 Å². The number of hydrogen-bond donors (Lipinski definition) is 3. The van der Waals surface area contributed by atoms with Gasteiger partial charge in [-0.2, -0.15) is 0 Å². The first-order chi connectivity index (χ1) is 14.0. The topological polar surface area (TPSA) is 97.9 Å².